The van der Waals surface area contributed by atoms with Crippen LogP contribution in [0, 0.1) is 12.8 Å². The largest absolute Gasteiger partial charge is 0.469 e. The number of methoxy groups -OCH3 is 1. The Bertz CT molecular complexity index is 420. The molecular weight excluding hydrogens is 228 g/mol. The van der Waals surface area contributed by atoms with Gasteiger partial charge in [-0.2, -0.15) is 0 Å². The highest BCUT2D eigenvalue weighted by molar-refractivity contribution is 5.72. The Morgan fingerprint density at radius 1 is 1.56 bits per heavy atom. The van der Waals surface area contributed by atoms with E-state index in [1.54, 1.807) is 0 Å². The van der Waals surface area contributed by atoms with Gasteiger partial charge in [-0.1, -0.05) is 6.07 Å². The Balaban J connectivity index is 1.95. The molecule has 4 heteroatoms. The second-order valence-corrected chi connectivity index (χ2v) is 4.97. The molecule has 18 heavy (non-hydrogen) atoms. The number of rotatable bonds is 3. The first-order valence-corrected chi connectivity index (χ1v) is 6.40. The average molecular weight is 248 g/mol. The van der Waals surface area contributed by atoms with Gasteiger partial charge in [-0.15, -0.1) is 0 Å². The second-order valence-electron chi connectivity index (χ2n) is 4.97. The van der Waals surface area contributed by atoms with Crippen molar-refractivity contribution < 1.29 is 9.53 Å². The number of likely N-dealkylation sites (tertiary alicyclic amines) is 1. The lowest BCUT2D eigenvalue weighted by Crippen LogP contribution is -2.38. The fourth-order valence-corrected chi connectivity index (χ4v) is 2.52. The number of esters is 1. The number of carbonyl (C=O) groups is 1. The van der Waals surface area contributed by atoms with Gasteiger partial charge in [0.05, 0.1) is 13.0 Å². The number of pyridine rings is 1. The normalized spacial score (nSPS) is 20.7. The van der Waals surface area contributed by atoms with E-state index in [1.807, 2.05) is 19.3 Å². The second kappa shape index (κ2) is 5.96. The maximum atomic E-state index is 11.6. The lowest BCUT2D eigenvalue weighted by atomic mass is 9.98. The van der Waals surface area contributed by atoms with Gasteiger partial charge in [0, 0.05) is 25.5 Å². The summed E-state index contributed by atoms with van der Waals surface area (Å²) in [6, 6.07) is 2.15. The van der Waals surface area contributed by atoms with E-state index in [2.05, 4.69) is 16.0 Å². The maximum Gasteiger partial charge on any atom is 0.309 e. The van der Waals surface area contributed by atoms with E-state index in [0.717, 1.165) is 32.5 Å². The van der Waals surface area contributed by atoms with Crippen LogP contribution in [0.4, 0.5) is 0 Å². The lowest BCUT2D eigenvalue weighted by Gasteiger charge is -2.31. The molecule has 1 unspecified atom stereocenters. The SMILES string of the molecule is COC(=O)C1CCCN(Cc2cncc(C)c2)C1. The molecule has 0 N–H and O–H groups in total. The summed E-state index contributed by atoms with van der Waals surface area (Å²) in [5.74, 6) is -0.0522. The highest BCUT2D eigenvalue weighted by Gasteiger charge is 2.26. The molecule has 98 valence electrons. The summed E-state index contributed by atoms with van der Waals surface area (Å²) in [5.41, 5.74) is 2.38. The molecule has 1 saturated heterocycles. The first-order chi connectivity index (χ1) is 8.69. The van der Waals surface area contributed by atoms with Crippen LogP contribution in [0.25, 0.3) is 0 Å². The van der Waals surface area contributed by atoms with E-state index in [9.17, 15) is 4.79 Å². The van der Waals surface area contributed by atoms with Gasteiger partial charge in [0.1, 0.15) is 0 Å². The smallest absolute Gasteiger partial charge is 0.309 e. The molecular formula is C14H20N2O2. The molecule has 0 spiro atoms. The van der Waals surface area contributed by atoms with Gasteiger partial charge in [-0.05, 0) is 37.4 Å². The zero-order valence-corrected chi connectivity index (χ0v) is 11.1. The van der Waals surface area contributed by atoms with Crippen LogP contribution in [-0.4, -0.2) is 36.1 Å². The van der Waals surface area contributed by atoms with Crippen molar-refractivity contribution in [1.29, 1.82) is 0 Å². The number of aromatic nitrogens is 1. The number of ether oxygens (including phenoxy) is 1. The molecule has 0 radical (unpaired) electrons. The van der Waals surface area contributed by atoms with Crippen molar-refractivity contribution in [2.24, 2.45) is 5.92 Å². The number of hydrogen-bond acceptors (Lipinski definition) is 4. The van der Waals surface area contributed by atoms with Crippen molar-refractivity contribution in [1.82, 2.24) is 9.88 Å². The van der Waals surface area contributed by atoms with E-state index in [0.29, 0.717) is 0 Å². The van der Waals surface area contributed by atoms with Gasteiger partial charge in [0.15, 0.2) is 0 Å². The quantitative estimate of drug-likeness (QED) is 0.765. The predicted octanol–water partition coefficient (Wildman–Crippen LogP) is 1.78. The van der Waals surface area contributed by atoms with Crippen LogP contribution in [0.5, 0.6) is 0 Å². The van der Waals surface area contributed by atoms with Crippen molar-refractivity contribution in [2.45, 2.75) is 26.3 Å². The van der Waals surface area contributed by atoms with Crippen LogP contribution in [-0.2, 0) is 16.1 Å². The van der Waals surface area contributed by atoms with Crippen molar-refractivity contribution >= 4 is 5.97 Å². The standard InChI is InChI=1S/C14H20N2O2/c1-11-6-12(8-15-7-11)9-16-5-3-4-13(10-16)14(17)18-2/h6-8,13H,3-5,9-10H2,1-2H3. The summed E-state index contributed by atoms with van der Waals surface area (Å²) in [4.78, 5) is 18.1. The van der Waals surface area contributed by atoms with Crippen LogP contribution in [0.1, 0.15) is 24.0 Å². The minimum absolute atomic E-state index is 0.0292. The van der Waals surface area contributed by atoms with Crippen molar-refractivity contribution in [3.63, 3.8) is 0 Å². The summed E-state index contributed by atoms with van der Waals surface area (Å²) in [7, 11) is 1.46. The summed E-state index contributed by atoms with van der Waals surface area (Å²) in [6.07, 6.45) is 5.75. The number of aryl methyl sites for hydroxylation is 1. The topological polar surface area (TPSA) is 42.4 Å². The number of hydrogen-bond donors (Lipinski definition) is 0. The zero-order chi connectivity index (χ0) is 13.0. The van der Waals surface area contributed by atoms with Crippen molar-refractivity contribution in [2.75, 3.05) is 20.2 Å². The van der Waals surface area contributed by atoms with Crippen LogP contribution >= 0.6 is 0 Å². The van der Waals surface area contributed by atoms with Crippen molar-refractivity contribution in [3.8, 4) is 0 Å². The molecule has 4 nitrogen and oxygen atoms in total. The molecule has 1 fully saturated rings. The monoisotopic (exact) mass is 248 g/mol. The van der Waals surface area contributed by atoms with Crippen LogP contribution < -0.4 is 0 Å². The molecule has 1 atom stereocenters. The molecule has 0 bridgehead atoms. The zero-order valence-electron chi connectivity index (χ0n) is 11.1. The summed E-state index contributed by atoms with van der Waals surface area (Å²) < 4.78 is 4.83. The molecule has 1 aliphatic heterocycles. The Hall–Kier alpha value is -1.42. The average Bonchev–Trinajstić information content (AvgIpc) is 2.38. The van der Waals surface area contributed by atoms with Gasteiger partial charge < -0.3 is 4.74 Å². The van der Waals surface area contributed by atoms with E-state index in [1.165, 1.54) is 18.2 Å². The minimum Gasteiger partial charge on any atom is -0.469 e. The number of nitrogens with zero attached hydrogens (tertiary/aromatic N) is 2. The molecule has 1 aromatic heterocycles. The van der Waals surface area contributed by atoms with E-state index in [4.69, 9.17) is 4.74 Å². The summed E-state index contributed by atoms with van der Waals surface area (Å²) >= 11 is 0. The van der Waals surface area contributed by atoms with Crippen molar-refractivity contribution in [3.05, 3.63) is 29.6 Å². The van der Waals surface area contributed by atoms with Gasteiger partial charge in [0.2, 0.25) is 0 Å². The Kier molecular flexibility index (Phi) is 4.31. The number of carbonyl (C=O) groups excluding carboxylic acids is 1. The first-order valence-electron chi connectivity index (χ1n) is 6.40. The van der Waals surface area contributed by atoms with Crippen LogP contribution in [0.15, 0.2) is 18.5 Å². The molecule has 2 rings (SSSR count). The third-order valence-electron chi connectivity index (χ3n) is 3.38. The maximum absolute atomic E-state index is 11.6. The van der Waals surface area contributed by atoms with Gasteiger partial charge in [-0.3, -0.25) is 14.7 Å². The van der Waals surface area contributed by atoms with Gasteiger partial charge >= 0.3 is 5.97 Å². The Morgan fingerprint density at radius 2 is 2.39 bits per heavy atom. The molecule has 1 aliphatic rings. The van der Waals surface area contributed by atoms with Crippen LogP contribution in [0.2, 0.25) is 0 Å². The third kappa shape index (κ3) is 3.29. The fraction of sp³-hybridized carbons (Fsp3) is 0.571. The van der Waals surface area contributed by atoms with Crippen LogP contribution in [0.3, 0.4) is 0 Å². The molecule has 0 aromatic carbocycles. The predicted molar refractivity (Wildman–Crippen MR) is 69.0 cm³/mol. The van der Waals surface area contributed by atoms with E-state index < -0.39 is 0 Å². The Morgan fingerprint density at radius 3 is 3.11 bits per heavy atom. The molecule has 0 amide bonds. The first kappa shape index (κ1) is 13.0. The Labute approximate surface area is 108 Å². The molecule has 1 aromatic rings. The van der Waals surface area contributed by atoms with Gasteiger partial charge in [0.25, 0.3) is 0 Å². The lowest BCUT2D eigenvalue weighted by molar-refractivity contribution is -0.147. The molecule has 2 heterocycles. The molecule has 0 aliphatic carbocycles. The summed E-state index contributed by atoms with van der Waals surface area (Å²) in [5, 5.41) is 0. The number of piperidine rings is 1. The van der Waals surface area contributed by atoms with E-state index >= 15 is 0 Å². The molecule has 0 saturated carbocycles. The van der Waals surface area contributed by atoms with Gasteiger partial charge in [-0.25, -0.2) is 0 Å². The highest BCUT2D eigenvalue weighted by atomic mass is 16.5. The van der Waals surface area contributed by atoms with E-state index in [-0.39, 0.29) is 11.9 Å². The highest BCUT2D eigenvalue weighted by Crippen LogP contribution is 2.19. The summed E-state index contributed by atoms with van der Waals surface area (Å²) in [6.45, 7) is 4.74. The fourth-order valence-electron chi connectivity index (χ4n) is 2.52. The third-order valence-corrected chi connectivity index (χ3v) is 3.38. The minimum atomic E-state index is -0.0814.